The van der Waals surface area contributed by atoms with Crippen LogP contribution < -0.4 is 10.5 Å². The highest BCUT2D eigenvalue weighted by molar-refractivity contribution is 6.30. The quantitative estimate of drug-likeness (QED) is 0.835. The van der Waals surface area contributed by atoms with Crippen molar-refractivity contribution in [2.24, 2.45) is 11.7 Å². The molecule has 1 amide bonds. The van der Waals surface area contributed by atoms with Gasteiger partial charge in [0.2, 0.25) is 5.91 Å². The molecule has 1 atom stereocenters. The van der Waals surface area contributed by atoms with Crippen LogP contribution in [0.5, 0.6) is 5.75 Å². The third kappa shape index (κ3) is 5.49. The van der Waals surface area contributed by atoms with Crippen molar-refractivity contribution in [2.45, 2.75) is 13.3 Å². The lowest BCUT2D eigenvalue weighted by atomic mass is 10.1. The minimum Gasteiger partial charge on any atom is -0.492 e. The highest BCUT2D eigenvalue weighted by Gasteiger charge is 2.16. The zero-order valence-corrected chi connectivity index (χ0v) is 12.2. The molecule has 1 rings (SSSR count). The molecule has 1 aromatic carbocycles. The van der Waals surface area contributed by atoms with Gasteiger partial charge in [-0.1, -0.05) is 18.5 Å². The summed E-state index contributed by atoms with van der Waals surface area (Å²) in [6.07, 6.45) is 0.710. The number of amides is 1. The van der Waals surface area contributed by atoms with Crippen molar-refractivity contribution in [3.8, 4) is 5.75 Å². The van der Waals surface area contributed by atoms with Gasteiger partial charge in [-0.25, -0.2) is 0 Å². The van der Waals surface area contributed by atoms with Gasteiger partial charge in [-0.3, -0.25) is 4.79 Å². The van der Waals surface area contributed by atoms with Gasteiger partial charge in [0.1, 0.15) is 12.4 Å². The Labute approximate surface area is 119 Å². The Balaban J connectivity index is 2.32. The summed E-state index contributed by atoms with van der Waals surface area (Å²) in [5, 5.41) is 0.676. The molecule has 0 bridgehead atoms. The molecule has 5 heteroatoms. The topological polar surface area (TPSA) is 55.6 Å². The summed E-state index contributed by atoms with van der Waals surface area (Å²) in [5.41, 5.74) is 5.45. The van der Waals surface area contributed by atoms with Crippen molar-refractivity contribution in [3.05, 3.63) is 29.3 Å². The minimum absolute atomic E-state index is 0.0365. The number of nitrogens with zero attached hydrogens (tertiary/aromatic N) is 1. The molecule has 2 N–H and O–H groups in total. The molecule has 19 heavy (non-hydrogen) atoms. The first kappa shape index (κ1) is 15.8. The largest absolute Gasteiger partial charge is 0.492 e. The van der Waals surface area contributed by atoms with Gasteiger partial charge in [0.05, 0.1) is 6.54 Å². The number of nitrogens with two attached hydrogens (primary N) is 1. The van der Waals surface area contributed by atoms with Gasteiger partial charge in [0, 0.05) is 18.0 Å². The van der Waals surface area contributed by atoms with Crippen molar-refractivity contribution in [1.29, 1.82) is 0 Å². The third-order valence-electron chi connectivity index (χ3n) is 2.91. The fourth-order valence-corrected chi connectivity index (χ4v) is 1.82. The molecular weight excluding hydrogens is 264 g/mol. The normalized spacial score (nSPS) is 12.0. The van der Waals surface area contributed by atoms with E-state index in [1.165, 1.54) is 0 Å². The second kappa shape index (κ2) is 8.02. The Morgan fingerprint density at radius 2 is 2.05 bits per heavy atom. The molecule has 0 saturated heterocycles. The molecule has 4 nitrogen and oxygen atoms in total. The van der Waals surface area contributed by atoms with Gasteiger partial charge in [-0.2, -0.15) is 0 Å². The number of carbonyl (C=O) groups excluding carboxylic acids is 1. The fourth-order valence-electron chi connectivity index (χ4n) is 1.69. The number of hydrogen-bond donors (Lipinski definition) is 1. The van der Waals surface area contributed by atoms with Crippen molar-refractivity contribution in [3.63, 3.8) is 0 Å². The van der Waals surface area contributed by atoms with Crippen molar-refractivity contribution in [1.82, 2.24) is 4.90 Å². The minimum atomic E-state index is -0.0365. The number of ether oxygens (including phenoxy) is 1. The molecule has 106 valence electrons. The maximum Gasteiger partial charge on any atom is 0.225 e. The van der Waals surface area contributed by atoms with E-state index in [0.29, 0.717) is 31.1 Å². The summed E-state index contributed by atoms with van der Waals surface area (Å²) >= 11 is 5.78. The van der Waals surface area contributed by atoms with Crippen molar-refractivity contribution < 1.29 is 9.53 Å². The van der Waals surface area contributed by atoms with Crippen LogP contribution in [-0.2, 0) is 4.79 Å². The third-order valence-corrected chi connectivity index (χ3v) is 3.16. The number of hydrogen-bond acceptors (Lipinski definition) is 3. The van der Waals surface area contributed by atoms with Gasteiger partial charge in [0.15, 0.2) is 0 Å². The standard InChI is InChI=1S/C14H21ClN2O2/c1-11(7-8-16)14(18)17(2)9-10-19-13-5-3-12(15)4-6-13/h3-6,11H,7-10,16H2,1-2H3. The van der Waals surface area contributed by atoms with Crippen LogP contribution in [0, 0.1) is 5.92 Å². The van der Waals surface area contributed by atoms with Crippen LogP contribution in [0.25, 0.3) is 0 Å². The average molecular weight is 285 g/mol. The number of halogens is 1. The number of likely N-dealkylation sites (N-methyl/N-ethyl adjacent to an activating group) is 1. The van der Waals surface area contributed by atoms with Crippen LogP contribution in [0.2, 0.25) is 5.02 Å². The maximum atomic E-state index is 11.9. The maximum absolute atomic E-state index is 11.9. The highest BCUT2D eigenvalue weighted by Crippen LogP contribution is 2.15. The molecule has 0 aliphatic heterocycles. The molecule has 0 saturated carbocycles. The number of benzene rings is 1. The zero-order chi connectivity index (χ0) is 14.3. The number of carbonyl (C=O) groups is 1. The van der Waals surface area contributed by atoms with Crippen LogP contribution in [0.4, 0.5) is 0 Å². The molecule has 0 aliphatic carbocycles. The molecular formula is C14H21ClN2O2. The van der Waals surface area contributed by atoms with Crippen LogP contribution in [0.1, 0.15) is 13.3 Å². The van der Waals surface area contributed by atoms with Crippen LogP contribution in [-0.4, -0.2) is 37.6 Å². The molecule has 0 heterocycles. The van der Waals surface area contributed by atoms with Crippen LogP contribution >= 0.6 is 11.6 Å². The van der Waals surface area contributed by atoms with E-state index in [9.17, 15) is 4.79 Å². The second-order valence-electron chi connectivity index (χ2n) is 4.54. The predicted molar refractivity (Wildman–Crippen MR) is 77.4 cm³/mol. The molecule has 0 aliphatic rings. The molecule has 0 spiro atoms. The van der Waals surface area contributed by atoms with Crippen LogP contribution in [0.3, 0.4) is 0 Å². The Morgan fingerprint density at radius 1 is 1.42 bits per heavy atom. The SMILES string of the molecule is CC(CCN)C(=O)N(C)CCOc1ccc(Cl)cc1. The Bertz CT molecular complexity index is 395. The first-order valence-corrected chi connectivity index (χ1v) is 6.75. The summed E-state index contributed by atoms with van der Waals surface area (Å²) in [6.45, 7) is 3.43. The lowest BCUT2D eigenvalue weighted by Gasteiger charge is -2.21. The van der Waals surface area contributed by atoms with E-state index in [4.69, 9.17) is 22.1 Å². The smallest absolute Gasteiger partial charge is 0.225 e. The van der Waals surface area contributed by atoms with E-state index in [2.05, 4.69) is 0 Å². The lowest BCUT2D eigenvalue weighted by molar-refractivity contribution is -0.134. The molecule has 0 radical (unpaired) electrons. The van der Waals surface area contributed by atoms with E-state index in [0.717, 1.165) is 5.75 Å². The van der Waals surface area contributed by atoms with E-state index < -0.39 is 0 Å². The van der Waals surface area contributed by atoms with Gasteiger partial charge in [-0.15, -0.1) is 0 Å². The summed E-state index contributed by atoms with van der Waals surface area (Å²) in [4.78, 5) is 13.6. The van der Waals surface area contributed by atoms with E-state index in [1.54, 1.807) is 36.2 Å². The predicted octanol–water partition coefficient (Wildman–Crippen LogP) is 2.16. The van der Waals surface area contributed by atoms with Crippen molar-refractivity contribution >= 4 is 17.5 Å². The fraction of sp³-hybridized carbons (Fsp3) is 0.500. The van der Waals surface area contributed by atoms with E-state index in [-0.39, 0.29) is 11.8 Å². The summed E-state index contributed by atoms with van der Waals surface area (Å²) in [6, 6.07) is 7.16. The lowest BCUT2D eigenvalue weighted by Crippen LogP contribution is -2.35. The number of rotatable bonds is 7. The summed E-state index contributed by atoms with van der Waals surface area (Å²) in [5.74, 6) is 0.816. The highest BCUT2D eigenvalue weighted by atomic mass is 35.5. The van der Waals surface area contributed by atoms with Gasteiger partial charge in [0.25, 0.3) is 0 Å². The Morgan fingerprint density at radius 3 is 2.63 bits per heavy atom. The van der Waals surface area contributed by atoms with Crippen LogP contribution in [0.15, 0.2) is 24.3 Å². The Kier molecular flexibility index (Phi) is 6.67. The molecule has 0 fully saturated rings. The van der Waals surface area contributed by atoms with E-state index >= 15 is 0 Å². The average Bonchev–Trinajstić information content (AvgIpc) is 2.40. The van der Waals surface area contributed by atoms with Gasteiger partial charge < -0.3 is 15.4 Å². The zero-order valence-electron chi connectivity index (χ0n) is 11.4. The van der Waals surface area contributed by atoms with Crippen molar-refractivity contribution in [2.75, 3.05) is 26.7 Å². The molecule has 0 aromatic heterocycles. The second-order valence-corrected chi connectivity index (χ2v) is 4.98. The van der Waals surface area contributed by atoms with Gasteiger partial charge >= 0.3 is 0 Å². The van der Waals surface area contributed by atoms with E-state index in [1.807, 2.05) is 6.92 Å². The summed E-state index contributed by atoms with van der Waals surface area (Å²) in [7, 11) is 1.78. The first-order valence-electron chi connectivity index (χ1n) is 6.38. The molecule has 1 aromatic rings. The molecule has 1 unspecified atom stereocenters. The van der Waals surface area contributed by atoms with Gasteiger partial charge in [-0.05, 0) is 37.2 Å². The summed E-state index contributed by atoms with van der Waals surface area (Å²) < 4.78 is 5.54. The monoisotopic (exact) mass is 284 g/mol. The Hall–Kier alpha value is -1.26. The first-order chi connectivity index (χ1) is 9.04.